The van der Waals surface area contributed by atoms with Crippen LogP contribution in [0.25, 0.3) is 0 Å². The first-order valence-corrected chi connectivity index (χ1v) is 5.98. The Kier molecular flexibility index (Phi) is 10.1. The predicted molar refractivity (Wildman–Crippen MR) is 78.4 cm³/mol. The molecule has 0 bridgehead atoms. The Hall–Kier alpha value is -0.0400. The maximum absolute atomic E-state index is 5.70. The van der Waals surface area contributed by atoms with Crippen LogP contribution in [0.1, 0.15) is 39.0 Å². The second-order valence-electron chi connectivity index (χ2n) is 3.97. The first-order chi connectivity index (χ1) is 7.33. The molecule has 0 aromatic rings. The molecule has 0 aromatic heterocycles. The van der Waals surface area contributed by atoms with E-state index in [1.807, 2.05) is 0 Å². The fourth-order valence-electron chi connectivity index (χ4n) is 1.65. The average Bonchev–Trinajstić information content (AvgIpc) is 2.71. The Labute approximate surface area is 115 Å². The van der Waals surface area contributed by atoms with E-state index < -0.39 is 0 Å². The van der Waals surface area contributed by atoms with Crippen LogP contribution in [0.3, 0.4) is 0 Å². The largest absolute Gasteiger partial charge is 0.378 e. The number of guanidine groups is 1. The lowest BCUT2D eigenvalue weighted by Gasteiger charge is -2.10. The summed E-state index contributed by atoms with van der Waals surface area (Å²) in [6, 6.07) is 0. The molecule has 0 spiro atoms. The Morgan fingerprint density at radius 2 is 2.38 bits per heavy atom. The van der Waals surface area contributed by atoms with E-state index in [9.17, 15) is 0 Å². The van der Waals surface area contributed by atoms with Gasteiger partial charge in [0.2, 0.25) is 0 Å². The third kappa shape index (κ3) is 7.27. The monoisotopic (exact) mass is 341 g/mol. The second-order valence-corrected chi connectivity index (χ2v) is 3.97. The molecule has 5 heteroatoms. The molecule has 0 aliphatic carbocycles. The van der Waals surface area contributed by atoms with Gasteiger partial charge in [0.05, 0.1) is 6.10 Å². The van der Waals surface area contributed by atoms with Crippen LogP contribution in [-0.2, 0) is 4.74 Å². The van der Waals surface area contributed by atoms with Gasteiger partial charge in [-0.25, -0.2) is 0 Å². The van der Waals surface area contributed by atoms with E-state index in [0.29, 0.717) is 12.1 Å². The molecular weight excluding hydrogens is 317 g/mol. The van der Waals surface area contributed by atoms with Gasteiger partial charge in [-0.3, -0.25) is 4.99 Å². The number of hydrogen-bond acceptors (Lipinski definition) is 2. The van der Waals surface area contributed by atoms with Crippen LogP contribution < -0.4 is 11.1 Å². The van der Waals surface area contributed by atoms with Crippen molar-refractivity contribution in [2.45, 2.75) is 45.1 Å². The first kappa shape index (κ1) is 16.0. The summed E-state index contributed by atoms with van der Waals surface area (Å²) in [5.41, 5.74) is 5.70. The quantitative estimate of drug-likeness (QED) is 0.336. The van der Waals surface area contributed by atoms with Crippen LogP contribution in [0.15, 0.2) is 4.99 Å². The molecule has 4 nitrogen and oxygen atoms in total. The SMILES string of the molecule is CCCCN=C(N)NCCC1CCCO1.I. The van der Waals surface area contributed by atoms with Gasteiger partial charge >= 0.3 is 0 Å². The van der Waals surface area contributed by atoms with Crippen molar-refractivity contribution >= 4 is 29.9 Å². The molecule has 1 aliphatic heterocycles. The Morgan fingerprint density at radius 3 is 3.00 bits per heavy atom. The van der Waals surface area contributed by atoms with Gasteiger partial charge in [0, 0.05) is 19.7 Å². The zero-order valence-corrected chi connectivity index (χ0v) is 12.4. The number of hydrogen-bond donors (Lipinski definition) is 2. The van der Waals surface area contributed by atoms with Crippen molar-refractivity contribution in [2.75, 3.05) is 19.7 Å². The number of unbranched alkanes of at least 4 members (excludes halogenated alkanes) is 1. The highest BCUT2D eigenvalue weighted by atomic mass is 127. The van der Waals surface area contributed by atoms with Crippen molar-refractivity contribution < 1.29 is 4.74 Å². The summed E-state index contributed by atoms with van der Waals surface area (Å²) in [7, 11) is 0. The van der Waals surface area contributed by atoms with Crippen molar-refractivity contribution in [3.8, 4) is 0 Å². The van der Waals surface area contributed by atoms with E-state index in [2.05, 4.69) is 17.2 Å². The maximum Gasteiger partial charge on any atom is 0.188 e. The predicted octanol–water partition coefficient (Wildman–Crippen LogP) is 1.88. The number of nitrogens with two attached hydrogens (primary N) is 1. The van der Waals surface area contributed by atoms with E-state index in [4.69, 9.17) is 10.5 Å². The van der Waals surface area contributed by atoms with Gasteiger partial charge in [-0.2, -0.15) is 0 Å². The van der Waals surface area contributed by atoms with Gasteiger partial charge < -0.3 is 15.8 Å². The number of aliphatic imine (C=N–C) groups is 1. The van der Waals surface area contributed by atoms with Gasteiger partial charge in [-0.05, 0) is 25.7 Å². The summed E-state index contributed by atoms with van der Waals surface area (Å²) in [5, 5.41) is 3.12. The molecule has 1 atom stereocenters. The van der Waals surface area contributed by atoms with Crippen LogP contribution >= 0.6 is 24.0 Å². The van der Waals surface area contributed by atoms with E-state index >= 15 is 0 Å². The lowest BCUT2D eigenvalue weighted by Crippen LogP contribution is -2.33. The number of ether oxygens (including phenoxy) is 1. The molecule has 1 aliphatic rings. The highest BCUT2D eigenvalue weighted by Gasteiger charge is 2.14. The van der Waals surface area contributed by atoms with Crippen molar-refractivity contribution in [3.63, 3.8) is 0 Å². The minimum Gasteiger partial charge on any atom is -0.378 e. The Morgan fingerprint density at radius 1 is 1.56 bits per heavy atom. The Bertz CT molecular complexity index is 194. The highest BCUT2D eigenvalue weighted by Crippen LogP contribution is 2.14. The molecule has 96 valence electrons. The van der Waals surface area contributed by atoms with E-state index in [1.54, 1.807) is 0 Å². The normalized spacial score (nSPS) is 20.6. The summed E-state index contributed by atoms with van der Waals surface area (Å²) in [6.45, 7) is 4.77. The van der Waals surface area contributed by atoms with Crippen molar-refractivity contribution in [2.24, 2.45) is 10.7 Å². The van der Waals surface area contributed by atoms with E-state index in [1.165, 1.54) is 12.8 Å². The highest BCUT2D eigenvalue weighted by molar-refractivity contribution is 14.0. The van der Waals surface area contributed by atoms with Gasteiger partial charge in [-0.1, -0.05) is 13.3 Å². The van der Waals surface area contributed by atoms with Gasteiger partial charge in [-0.15, -0.1) is 24.0 Å². The molecule has 3 N–H and O–H groups in total. The summed E-state index contributed by atoms with van der Waals surface area (Å²) in [4.78, 5) is 4.22. The molecule has 1 heterocycles. The number of nitrogens with one attached hydrogen (secondary N) is 1. The molecule has 0 amide bonds. The van der Waals surface area contributed by atoms with Crippen molar-refractivity contribution in [3.05, 3.63) is 0 Å². The number of halogens is 1. The summed E-state index contributed by atoms with van der Waals surface area (Å²) in [5.74, 6) is 0.571. The average molecular weight is 341 g/mol. The number of rotatable bonds is 6. The van der Waals surface area contributed by atoms with Crippen LogP contribution in [0.2, 0.25) is 0 Å². The van der Waals surface area contributed by atoms with E-state index in [-0.39, 0.29) is 24.0 Å². The summed E-state index contributed by atoms with van der Waals surface area (Å²) < 4.78 is 5.51. The second kappa shape index (κ2) is 10.1. The first-order valence-electron chi connectivity index (χ1n) is 5.98. The Balaban J connectivity index is 0.00000225. The molecule has 0 aromatic carbocycles. The molecule has 0 saturated carbocycles. The van der Waals surface area contributed by atoms with Gasteiger partial charge in [0.15, 0.2) is 5.96 Å². The minimum atomic E-state index is 0. The maximum atomic E-state index is 5.70. The molecule has 16 heavy (non-hydrogen) atoms. The smallest absolute Gasteiger partial charge is 0.188 e. The fourth-order valence-corrected chi connectivity index (χ4v) is 1.65. The molecule has 1 unspecified atom stereocenters. The zero-order valence-electron chi connectivity index (χ0n) is 10.1. The minimum absolute atomic E-state index is 0. The lowest BCUT2D eigenvalue weighted by atomic mass is 10.2. The van der Waals surface area contributed by atoms with Crippen LogP contribution in [0.4, 0.5) is 0 Å². The van der Waals surface area contributed by atoms with Crippen LogP contribution in [-0.4, -0.2) is 31.8 Å². The number of nitrogens with zero attached hydrogens (tertiary/aromatic N) is 1. The fraction of sp³-hybridized carbons (Fsp3) is 0.909. The topological polar surface area (TPSA) is 59.6 Å². The molecule has 1 rings (SSSR count). The lowest BCUT2D eigenvalue weighted by molar-refractivity contribution is 0.105. The third-order valence-electron chi connectivity index (χ3n) is 2.59. The van der Waals surface area contributed by atoms with Crippen molar-refractivity contribution in [1.82, 2.24) is 5.32 Å². The van der Waals surface area contributed by atoms with Crippen LogP contribution in [0.5, 0.6) is 0 Å². The molecule has 0 radical (unpaired) electrons. The van der Waals surface area contributed by atoms with Gasteiger partial charge in [0.25, 0.3) is 0 Å². The zero-order chi connectivity index (χ0) is 10.9. The van der Waals surface area contributed by atoms with Crippen LogP contribution in [0, 0.1) is 0 Å². The summed E-state index contributed by atoms with van der Waals surface area (Å²) >= 11 is 0. The molecule has 1 saturated heterocycles. The summed E-state index contributed by atoms with van der Waals surface area (Å²) in [6.07, 6.45) is 6.12. The van der Waals surface area contributed by atoms with Crippen molar-refractivity contribution in [1.29, 1.82) is 0 Å². The molecule has 1 fully saturated rings. The van der Waals surface area contributed by atoms with E-state index in [0.717, 1.165) is 39.0 Å². The van der Waals surface area contributed by atoms with Gasteiger partial charge in [0.1, 0.15) is 0 Å². The third-order valence-corrected chi connectivity index (χ3v) is 2.59. The standard InChI is InChI=1S/C11H23N3O.HI/c1-2-3-7-13-11(12)14-8-6-10-5-4-9-15-10;/h10H,2-9H2,1H3,(H3,12,13,14);1H. The molecular formula is C11H24IN3O.